The molecule has 1 aliphatic carbocycles. The van der Waals surface area contributed by atoms with Gasteiger partial charge in [-0.2, -0.15) is 0 Å². The van der Waals surface area contributed by atoms with E-state index in [4.69, 9.17) is 16.3 Å². The first-order valence-corrected chi connectivity index (χ1v) is 9.98. The van der Waals surface area contributed by atoms with Crippen LogP contribution in [0, 0.1) is 10.1 Å². The van der Waals surface area contributed by atoms with Gasteiger partial charge in [-0.05, 0) is 29.8 Å². The number of rotatable bonds is 4. The van der Waals surface area contributed by atoms with Crippen LogP contribution in [-0.2, 0) is 6.42 Å². The molecule has 2 aromatic carbocycles. The first-order valence-electron chi connectivity index (χ1n) is 7.99. The van der Waals surface area contributed by atoms with Crippen LogP contribution in [0.3, 0.4) is 0 Å². The zero-order valence-electron chi connectivity index (χ0n) is 14.3. The fourth-order valence-electron chi connectivity index (χ4n) is 3.05. The summed E-state index contributed by atoms with van der Waals surface area (Å²) >= 11 is 10.7. The van der Waals surface area contributed by atoms with Gasteiger partial charge in [0, 0.05) is 33.0 Å². The molecule has 0 fully saturated rings. The minimum absolute atomic E-state index is 0.0240. The molecule has 3 aromatic rings. The van der Waals surface area contributed by atoms with Crippen molar-refractivity contribution in [2.24, 2.45) is 0 Å². The molecule has 0 unspecified atom stereocenters. The number of nitrogens with zero attached hydrogens (tertiary/aromatic N) is 2. The molecule has 0 bridgehead atoms. The Morgan fingerprint density at radius 3 is 2.89 bits per heavy atom. The predicted octanol–water partition coefficient (Wildman–Crippen LogP) is 5.30. The van der Waals surface area contributed by atoms with Crippen LogP contribution in [0.25, 0.3) is 11.3 Å². The van der Waals surface area contributed by atoms with Crippen LogP contribution in [0.15, 0.2) is 34.8 Å². The van der Waals surface area contributed by atoms with Gasteiger partial charge in [-0.1, -0.05) is 27.5 Å². The summed E-state index contributed by atoms with van der Waals surface area (Å²) in [5, 5.41) is 14.1. The number of fused-ring (bicyclic) bond motifs is 3. The number of amides is 1. The Morgan fingerprint density at radius 1 is 1.39 bits per heavy atom. The zero-order chi connectivity index (χ0) is 20.0. The Bertz CT molecular complexity index is 1150. The average Bonchev–Trinajstić information content (AvgIpc) is 3.20. The highest BCUT2D eigenvalue weighted by Crippen LogP contribution is 2.48. The second-order valence-corrected chi connectivity index (χ2v) is 8.29. The van der Waals surface area contributed by atoms with Crippen molar-refractivity contribution < 1.29 is 14.5 Å². The van der Waals surface area contributed by atoms with Crippen molar-refractivity contribution >= 4 is 55.6 Å². The quantitative estimate of drug-likeness (QED) is 0.316. The van der Waals surface area contributed by atoms with Crippen LogP contribution in [0.2, 0.25) is 5.02 Å². The van der Waals surface area contributed by atoms with Gasteiger partial charge in [-0.3, -0.25) is 20.2 Å². The minimum Gasteiger partial charge on any atom is -0.496 e. The van der Waals surface area contributed by atoms with E-state index in [-0.39, 0.29) is 16.3 Å². The molecule has 0 atom stereocenters. The summed E-state index contributed by atoms with van der Waals surface area (Å²) in [6.07, 6.45) is 0.683. The van der Waals surface area contributed by atoms with Crippen molar-refractivity contribution in [3.05, 3.63) is 65.9 Å². The van der Waals surface area contributed by atoms with Gasteiger partial charge < -0.3 is 4.74 Å². The summed E-state index contributed by atoms with van der Waals surface area (Å²) in [5.41, 5.74) is 2.59. The van der Waals surface area contributed by atoms with Crippen molar-refractivity contribution in [2.45, 2.75) is 6.42 Å². The molecule has 142 valence electrons. The number of nitro benzene ring substituents is 1. The largest absolute Gasteiger partial charge is 0.496 e. The van der Waals surface area contributed by atoms with Gasteiger partial charge in [0.1, 0.15) is 10.8 Å². The third kappa shape index (κ3) is 3.15. The summed E-state index contributed by atoms with van der Waals surface area (Å²) in [4.78, 5) is 28.5. The van der Waals surface area contributed by atoms with E-state index >= 15 is 0 Å². The number of anilines is 1. The molecule has 1 aromatic heterocycles. The Balaban J connectivity index is 1.64. The molecular weight excluding hydrogens is 470 g/mol. The van der Waals surface area contributed by atoms with E-state index < -0.39 is 10.8 Å². The number of methoxy groups -OCH3 is 1. The summed E-state index contributed by atoms with van der Waals surface area (Å²) < 4.78 is 6.43. The van der Waals surface area contributed by atoms with Crippen molar-refractivity contribution in [1.29, 1.82) is 0 Å². The zero-order valence-corrected chi connectivity index (χ0v) is 17.4. The molecule has 0 spiro atoms. The number of nitro groups is 1. The maximum Gasteiger partial charge on any atom is 0.288 e. The Morgan fingerprint density at radius 2 is 2.18 bits per heavy atom. The second kappa shape index (κ2) is 7.16. The number of hydrogen-bond acceptors (Lipinski definition) is 6. The number of halogens is 2. The van der Waals surface area contributed by atoms with Crippen LogP contribution in [-0.4, -0.2) is 22.9 Å². The van der Waals surface area contributed by atoms with E-state index in [9.17, 15) is 14.9 Å². The highest BCUT2D eigenvalue weighted by atomic mass is 79.9. The standard InChI is InChI=1S/C18H11BrClN3O4S/c1-27-13-5-3-10(19)9-7-14-16(15(9)13)21-18(28-14)22-17(24)8-2-4-11(20)12(6-8)23(25)26/h2-6H,7H2,1H3,(H,21,22,24). The SMILES string of the molecule is COc1ccc(Br)c2c1-c1nc(NC(=O)c3ccc(Cl)c([N+](=O)[O-])c3)sc1C2. The third-order valence-electron chi connectivity index (χ3n) is 4.33. The maximum absolute atomic E-state index is 12.5. The molecule has 0 aliphatic heterocycles. The normalized spacial score (nSPS) is 11.7. The lowest BCUT2D eigenvalue weighted by Gasteiger charge is -2.09. The topological polar surface area (TPSA) is 94.4 Å². The molecule has 1 amide bonds. The molecule has 1 heterocycles. The Hall–Kier alpha value is -2.49. The highest BCUT2D eigenvalue weighted by molar-refractivity contribution is 9.10. The van der Waals surface area contributed by atoms with Gasteiger partial charge in [0.15, 0.2) is 5.13 Å². The smallest absolute Gasteiger partial charge is 0.288 e. The molecule has 4 rings (SSSR count). The predicted molar refractivity (Wildman–Crippen MR) is 111 cm³/mol. The third-order valence-corrected chi connectivity index (χ3v) is 6.37. The number of carbonyl (C=O) groups excluding carboxylic acids is 1. The molecular formula is C18H11BrClN3O4S. The number of nitrogens with one attached hydrogen (secondary N) is 1. The van der Waals surface area contributed by atoms with Crippen LogP contribution < -0.4 is 10.1 Å². The first-order chi connectivity index (χ1) is 13.4. The highest BCUT2D eigenvalue weighted by Gasteiger charge is 2.29. The summed E-state index contributed by atoms with van der Waals surface area (Å²) in [7, 11) is 1.60. The van der Waals surface area contributed by atoms with E-state index in [0.717, 1.165) is 32.2 Å². The van der Waals surface area contributed by atoms with E-state index in [1.807, 2.05) is 12.1 Å². The molecule has 1 aliphatic rings. The molecule has 0 radical (unpaired) electrons. The monoisotopic (exact) mass is 479 g/mol. The molecule has 0 saturated heterocycles. The average molecular weight is 481 g/mol. The number of hydrogen-bond donors (Lipinski definition) is 1. The van der Waals surface area contributed by atoms with Crippen molar-refractivity contribution in [2.75, 3.05) is 12.4 Å². The molecule has 0 saturated carbocycles. The lowest BCUT2D eigenvalue weighted by Crippen LogP contribution is -2.12. The number of carbonyl (C=O) groups is 1. The van der Waals surface area contributed by atoms with Crippen LogP contribution in [0.1, 0.15) is 20.8 Å². The molecule has 7 nitrogen and oxygen atoms in total. The van der Waals surface area contributed by atoms with E-state index in [0.29, 0.717) is 17.3 Å². The fraction of sp³-hybridized carbons (Fsp3) is 0.111. The lowest BCUT2D eigenvalue weighted by molar-refractivity contribution is -0.384. The van der Waals surface area contributed by atoms with Crippen molar-refractivity contribution in [1.82, 2.24) is 4.98 Å². The maximum atomic E-state index is 12.5. The minimum atomic E-state index is -0.627. The Labute approximate surface area is 176 Å². The molecule has 10 heteroatoms. The summed E-state index contributed by atoms with van der Waals surface area (Å²) in [5.74, 6) is 0.224. The van der Waals surface area contributed by atoms with E-state index in [2.05, 4.69) is 26.2 Å². The molecule has 28 heavy (non-hydrogen) atoms. The fourth-order valence-corrected chi connectivity index (χ4v) is 4.68. The first kappa shape index (κ1) is 18.9. The Kier molecular flexibility index (Phi) is 4.82. The van der Waals surface area contributed by atoms with Gasteiger partial charge in [0.2, 0.25) is 0 Å². The van der Waals surface area contributed by atoms with E-state index in [1.165, 1.54) is 23.5 Å². The van der Waals surface area contributed by atoms with Gasteiger partial charge in [0.05, 0.1) is 17.7 Å². The summed E-state index contributed by atoms with van der Waals surface area (Å²) in [6, 6.07) is 7.71. The van der Waals surface area contributed by atoms with Crippen molar-refractivity contribution in [3.63, 3.8) is 0 Å². The van der Waals surface area contributed by atoms with E-state index in [1.54, 1.807) is 7.11 Å². The van der Waals surface area contributed by atoms with Crippen LogP contribution >= 0.6 is 38.9 Å². The molecule has 1 N–H and O–H groups in total. The number of ether oxygens (including phenoxy) is 1. The van der Waals surface area contributed by atoms with Crippen LogP contribution in [0.4, 0.5) is 10.8 Å². The number of thiazole rings is 1. The van der Waals surface area contributed by atoms with Crippen LogP contribution in [0.5, 0.6) is 5.75 Å². The second-order valence-electron chi connectivity index (χ2n) is 5.95. The number of aromatic nitrogens is 1. The van der Waals surface area contributed by atoms with Crippen molar-refractivity contribution in [3.8, 4) is 17.0 Å². The van der Waals surface area contributed by atoms with Gasteiger partial charge in [-0.15, -0.1) is 11.3 Å². The summed E-state index contributed by atoms with van der Waals surface area (Å²) in [6.45, 7) is 0. The van der Waals surface area contributed by atoms with Gasteiger partial charge >= 0.3 is 0 Å². The van der Waals surface area contributed by atoms with Gasteiger partial charge in [0.25, 0.3) is 11.6 Å². The lowest BCUT2D eigenvalue weighted by atomic mass is 10.1. The number of benzene rings is 2. The van der Waals surface area contributed by atoms with Gasteiger partial charge in [-0.25, -0.2) is 4.98 Å².